The number of hydrogen-bond acceptors (Lipinski definition) is 4. The third-order valence-electron chi connectivity index (χ3n) is 6.27. The Morgan fingerprint density at radius 3 is 2.56 bits per heavy atom. The van der Waals surface area contributed by atoms with E-state index in [2.05, 4.69) is 54.8 Å². The Balaban J connectivity index is 1.36. The molecule has 6 heteroatoms. The molecule has 2 aromatic carbocycles. The van der Waals surface area contributed by atoms with E-state index in [0.29, 0.717) is 13.0 Å². The van der Waals surface area contributed by atoms with Crippen molar-refractivity contribution in [2.75, 3.05) is 6.54 Å². The molecular formula is C26H26N4OS. The van der Waals surface area contributed by atoms with E-state index in [1.807, 2.05) is 29.5 Å². The van der Waals surface area contributed by atoms with Crippen LogP contribution < -0.4 is 0 Å². The minimum atomic E-state index is 0.157. The molecule has 1 aliphatic rings. The van der Waals surface area contributed by atoms with E-state index in [-0.39, 0.29) is 5.91 Å². The van der Waals surface area contributed by atoms with E-state index in [4.69, 9.17) is 10.1 Å². The quantitative estimate of drug-likeness (QED) is 0.444. The predicted octanol–water partition coefficient (Wildman–Crippen LogP) is 5.05. The van der Waals surface area contributed by atoms with E-state index in [9.17, 15) is 4.79 Å². The van der Waals surface area contributed by atoms with Gasteiger partial charge in [0.1, 0.15) is 0 Å². The van der Waals surface area contributed by atoms with Crippen LogP contribution in [0.4, 0.5) is 0 Å². The molecular weight excluding hydrogens is 416 g/mol. The van der Waals surface area contributed by atoms with Gasteiger partial charge in [-0.15, -0.1) is 11.3 Å². The molecule has 0 bridgehead atoms. The van der Waals surface area contributed by atoms with Gasteiger partial charge in [-0.25, -0.2) is 9.67 Å². The molecule has 2 aromatic heterocycles. The normalized spacial score (nSPS) is 13.3. The third kappa shape index (κ3) is 3.86. The highest BCUT2D eigenvalue weighted by Crippen LogP contribution is 2.27. The molecule has 5 nitrogen and oxygen atoms in total. The summed E-state index contributed by atoms with van der Waals surface area (Å²) in [6.07, 6.45) is 1.29. The van der Waals surface area contributed by atoms with Gasteiger partial charge < -0.3 is 4.90 Å². The fourth-order valence-corrected chi connectivity index (χ4v) is 5.14. The van der Waals surface area contributed by atoms with Crippen molar-refractivity contribution in [1.82, 2.24) is 19.7 Å². The second-order valence-corrected chi connectivity index (χ2v) is 9.29. The van der Waals surface area contributed by atoms with Crippen molar-refractivity contribution in [2.45, 2.75) is 40.2 Å². The predicted molar refractivity (Wildman–Crippen MR) is 128 cm³/mol. The van der Waals surface area contributed by atoms with Crippen molar-refractivity contribution in [3.63, 3.8) is 0 Å². The van der Waals surface area contributed by atoms with E-state index in [0.717, 1.165) is 46.3 Å². The monoisotopic (exact) mass is 442 g/mol. The average Bonchev–Trinajstić information content (AvgIpc) is 3.40. The van der Waals surface area contributed by atoms with Crippen LogP contribution in [0.5, 0.6) is 0 Å². The number of nitrogens with zero attached hydrogens (tertiary/aromatic N) is 4. The summed E-state index contributed by atoms with van der Waals surface area (Å²) >= 11 is 1.57. The molecule has 4 aromatic rings. The first kappa shape index (κ1) is 20.6. The van der Waals surface area contributed by atoms with E-state index in [1.54, 1.807) is 11.3 Å². The highest BCUT2D eigenvalue weighted by molar-refractivity contribution is 7.12. The number of aromatic nitrogens is 3. The molecule has 0 unspecified atom stereocenters. The summed E-state index contributed by atoms with van der Waals surface area (Å²) in [5, 5.41) is 7.62. The summed E-state index contributed by atoms with van der Waals surface area (Å²) in [5.74, 6) is 0.157. The lowest BCUT2D eigenvalue weighted by Crippen LogP contribution is -2.37. The number of amides is 1. The van der Waals surface area contributed by atoms with E-state index < -0.39 is 0 Å². The second kappa shape index (κ2) is 8.36. The van der Waals surface area contributed by atoms with E-state index in [1.165, 1.54) is 16.7 Å². The second-order valence-electron chi connectivity index (χ2n) is 8.45. The van der Waals surface area contributed by atoms with Crippen molar-refractivity contribution >= 4 is 17.2 Å². The number of fused-ring (bicyclic) bond motifs is 1. The number of rotatable bonds is 4. The average molecular weight is 443 g/mol. The zero-order chi connectivity index (χ0) is 22.2. The largest absolute Gasteiger partial charge is 0.338 e. The van der Waals surface area contributed by atoms with Crippen molar-refractivity contribution < 1.29 is 4.79 Å². The fraction of sp³-hybridized carbons (Fsp3) is 0.269. The SMILES string of the molecule is Cc1ccc(-c2csc(-n3nc(C)c(CC(=O)N4CCc5ccccc5C4)c3C)n2)cc1. The Bertz CT molecular complexity index is 1290. The van der Waals surface area contributed by atoms with Gasteiger partial charge in [0.15, 0.2) is 0 Å². The summed E-state index contributed by atoms with van der Waals surface area (Å²) in [6.45, 7) is 7.55. The maximum atomic E-state index is 13.1. The lowest BCUT2D eigenvalue weighted by molar-refractivity contribution is -0.131. The van der Waals surface area contributed by atoms with Crippen LogP contribution in [0.2, 0.25) is 0 Å². The van der Waals surface area contributed by atoms with Gasteiger partial charge in [-0.2, -0.15) is 5.10 Å². The first-order valence-corrected chi connectivity index (χ1v) is 11.8. The van der Waals surface area contributed by atoms with Gasteiger partial charge in [-0.3, -0.25) is 4.79 Å². The van der Waals surface area contributed by atoms with Gasteiger partial charge in [0, 0.05) is 35.3 Å². The zero-order valence-electron chi connectivity index (χ0n) is 18.6. The molecule has 0 saturated heterocycles. The molecule has 5 rings (SSSR count). The van der Waals surface area contributed by atoms with Crippen molar-refractivity contribution in [1.29, 1.82) is 0 Å². The molecule has 32 heavy (non-hydrogen) atoms. The van der Waals surface area contributed by atoms with E-state index >= 15 is 0 Å². The summed E-state index contributed by atoms with van der Waals surface area (Å²) in [4.78, 5) is 19.9. The van der Waals surface area contributed by atoms with Gasteiger partial charge in [0.25, 0.3) is 0 Å². The Labute approximate surface area is 192 Å². The smallest absolute Gasteiger partial charge is 0.227 e. The molecule has 0 radical (unpaired) electrons. The van der Waals surface area contributed by atoms with Crippen molar-refractivity contribution in [3.05, 3.63) is 87.6 Å². The maximum absolute atomic E-state index is 13.1. The van der Waals surface area contributed by atoms with Crippen LogP contribution in [-0.2, 0) is 24.2 Å². The van der Waals surface area contributed by atoms with Crippen LogP contribution >= 0.6 is 11.3 Å². The van der Waals surface area contributed by atoms with Gasteiger partial charge >= 0.3 is 0 Å². The molecule has 162 valence electrons. The van der Waals surface area contributed by atoms with Crippen LogP contribution in [-0.4, -0.2) is 32.1 Å². The van der Waals surface area contributed by atoms with Gasteiger partial charge in [-0.05, 0) is 38.3 Å². The summed E-state index contributed by atoms with van der Waals surface area (Å²) in [6, 6.07) is 16.8. The highest BCUT2D eigenvalue weighted by atomic mass is 32.1. The molecule has 0 saturated carbocycles. The minimum Gasteiger partial charge on any atom is -0.338 e. The van der Waals surface area contributed by atoms with Crippen molar-refractivity contribution in [3.8, 4) is 16.4 Å². The summed E-state index contributed by atoms with van der Waals surface area (Å²) in [5.41, 5.74) is 8.75. The standard InChI is InChI=1S/C26H26N4OS/c1-17-8-10-21(11-9-17)24-16-32-26(27-24)30-19(3)23(18(2)28-30)14-25(31)29-13-12-20-6-4-5-7-22(20)15-29/h4-11,16H,12-15H2,1-3H3. The highest BCUT2D eigenvalue weighted by Gasteiger charge is 2.24. The van der Waals surface area contributed by atoms with Crippen LogP contribution in [0.1, 0.15) is 33.6 Å². The molecule has 0 spiro atoms. The maximum Gasteiger partial charge on any atom is 0.227 e. The Morgan fingerprint density at radius 1 is 1.03 bits per heavy atom. The molecule has 0 aliphatic carbocycles. The van der Waals surface area contributed by atoms with Crippen LogP contribution in [0, 0.1) is 20.8 Å². The number of thiazole rings is 1. The first-order valence-electron chi connectivity index (χ1n) is 10.9. The Kier molecular flexibility index (Phi) is 5.39. The van der Waals surface area contributed by atoms with Crippen LogP contribution in [0.25, 0.3) is 16.4 Å². The number of aryl methyl sites for hydroxylation is 2. The zero-order valence-corrected chi connectivity index (χ0v) is 19.4. The molecule has 1 aliphatic heterocycles. The molecule has 0 N–H and O–H groups in total. The van der Waals surface area contributed by atoms with Crippen molar-refractivity contribution in [2.24, 2.45) is 0 Å². The number of carbonyl (C=O) groups excluding carboxylic acids is 1. The number of benzene rings is 2. The molecule has 0 fully saturated rings. The third-order valence-corrected chi connectivity index (χ3v) is 7.09. The topological polar surface area (TPSA) is 51.0 Å². The number of carbonyl (C=O) groups is 1. The molecule has 1 amide bonds. The van der Waals surface area contributed by atoms with Gasteiger partial charge in [0.05, 0.1) is 17.8 Å². The van der Waals surface area contributed by atoms with Crippen LogP contribution in [0.3, 0.4) is 0 Å². The first-order chi connectivity index (χ1) is 15.5. The van der Waals surface area contributed by atoms with Gasteiger partial charge in [-0.1, -0.05) is 54.1 Å². The molecule has 0 atom stereocenters. The lowest BCUT2D eigenvalue weighted by atomic mass is 9.99. The lowest BCUT2D eigenvalue weighted by Gasteiger charge is -2.29. The Morgan fingerprint density at radius 2 is 1.78 bits per heavy atom. The molecule has 3 heterocycles. The Hall–Kier alpha value is -3.25. The summed E-state index contributed by atoms with van der Waals surface area (Å²) < 4.78 is 1.88. The number of hydrogen-bond donors (Lipinski definition) is 0. The van der Waals surface area contributed by atoms with Gasteiger partial charge in [0.2, 0.25) is 11.0 Å². The fourth-order valence-electron chi connectivity index (χ4n) is 4.31. The van der Waals surface area contributed by atoms with Crippen LogP contribution in [0.15, 0.2) is 53.9 Å². The summed E-state index contributed by atoms with van der Waals surface area (Å²) in [7, 11) is 0. The minimum absolute atomic E-state index is 0.157.